The molecule has 92 valence electrons. The Bertz CT molecular complexity index is 459. The molecular formula is C8H8N2O7. The van der Waals surface area contributed by atoms with Gasteiger partial charge in [0.15, 0.2) is 5.75 Å². The van der Waals surface area contributed by atoms with Crippen molar-refractivity contribution < 1.29 is 24.8 Å². The fraction of sp³-hybridized carbons (Fsp3) is 0.250. The molecule has 0 aliphatic carbocycles. The zero-order valence-electron chi connectivity index (χ0n) is 8.40. The summed E-state index contributed by atoms with van der Waals surface area (Å²) in [4.78, 5) is 19.2. The van der Waals surface area contributed by atoms with Gasteiger partial charge in [0.2, 0.25) is 5.75 Å². The number of phenolic OH excluding ortho intramolecular Hbond substituents is 1. The van der Waals surface area contributed by atoms with E-state index in [4.69, 9.17) is 9.84 Å². The number of nitro benzene ring substituents is 2. The molecule has 1 rings (SSSR count). The second kappa shape index (κ2) is 5.07. The van der Waals surface area contributed by atoms with E-state index in [1.54, 1.807) is 0 Å². The van der Waals surface area contributed by atoms with E-state index in [9.17, 15) is 25.3 Å². The molecular weight excluding hydrogens is 236 g/mol. The van der Waals surface area contributed by atoms with Crippen LogP contribution in [0.4, 0.5) is 11.4 Å². The summed E-state index contributed by atoms with van der Waals surface area (Å²) in [5, 5.41) is 39.0. The molecule has 0 aromatic heterocycles. The second-order valence-corrected chi connectivity index (χ2v) is 2.90. The number of rotatable bonds is 5. The van der Waals surface area contributed by atoms with Gasteiger partial charge in [-0.1, -0.05) is 0 Å². The molecule has 1 aromatic rings. The lowest BCUT2D eigenvalue weighted by atomic mass is 10.2. The molecule has 0 heterocycles. The standard InChI is InChI=1S/C8H8N2O7/c11-1-2-17-7-4-5(9(13)14)3-6(8(7)12)10(15)16/h3-4,11-12H,1-2H2. The van der Waals surface area contributed by atoms with Crippen LogP contribution >= 0.6 is 0 Å². The van der Waals surface area contributed by atoms with Gasteiger partial charge in [0, 0.05) is 0 Å². The van der Waals surface area contributed by atoms with Crippen molar-refractivity contribution in [3.05, 3.63) is 32.4 Å². The number of hydrogen-bond donors (Lipinski definition) is 2. The smallest absolute Gasteiger partial charge is 0.321 e. The van der Waals surface area contributed by atoms with E-state index in [0.29, 0.717) is 6.07 Å². The van der Waals surface area contributed by atoms with Crippen LogP contribution in [-0.2, 0) is 0 Å². The number of phenols is 1. The molecule has 0 fully saturated rings. The van der Waals surface area contributed by atoms with Gasteiger partial charge in [-0.3, -0.25) is 20.2 Å². The maximum atomic E-state index is 10.5. The highest BCUT2D eigenvalue weighted by atomic mass is 16.6. The number of aliphatic hydroxyl groups is 1. The molecule has 0 radical (unpaired) electrons. The summed E-state index contributed by atoms with van der Waals surface area (Å²) in [7, 11) is 0. The predicted molar refractivity (Wildman–Crippen MR) is 54.0 cm³/mol. The van der Waals surface area contributed by atoms with Crippen LogP contribution in [0.5, 0.6) is 11.5 Å². The van der Waals surface area contributed by atoms with E-state index in [-0.39, 0.29) is 6.61 Å². The zero-order chi connectivity index (χ0) is 13.0. The van der Waals surface area contributed by atoms with Crippen LogP contribution in [0.15, 0.2) is 12.1 Å². The number of non-ortho nitro benzene ring substituents is 1. The minimum absolute atomic E-state index is 0.244. The molecule has 9 heteroatoms. The van der Waals surface area contributed by atoms with Gasteiger partial charge in [-0.25, -0.2) is 0 Å². The lowest BCUT2D eigenvalue weighted by Gasteiger charge is -2.06. The lowest BCUT2D eigenvalue weighted by Crippen LogP contribution is -2.03. The van der Waals surface area contributed by atoms with Gasteiger partial charge in [-0.15, -0.1) is 0 Å². The van der Waals surface area contributed by atoms with Gasteiger partial charge in [0.05, 0.1) is 28.6 Å². The van der Waals surface area contributed by atoms with Crippen LogP contribution in [-0.4, -0.2) is 33.3 Å². The first-order valence-electron chi connectivity index (χ1n) is 4.36. The van der Waals surface area contributed by atoms with Crippen LogP contribution < -0.4 is 4.74 Å². The third-order valence-corrected chi connectivity index (χ3v) is 1.80. The molecule has 0 saturated heterocycles. The monoisotopic (exact) mass is 244 g/mol. The summed E-state index contributed by atoms with van der Waals surface area (Å²) < 4.78 is 4.76. The number of aromatic hydroxyl groups is 1. The van der Waals surface area contributed by atoms with Gasteiger partial charge in [-0.05, 0) is 0 Å². The van der Waals surface area contributed by atoms with Crippen LogP contribution in [0.1, 0.15) is 0 Å². The minimum atomic E-state index is -0.964. The fourth-order valence-electron chi connectivity index (χ4n) is 1.09. The average Bonchev–Trinajstić information content (AvgIpc) is 2.26. The van der Waals surface area contributed by atoms with E-state index >= 15 is 0 Å². The van der Waals surface area contributed by atoms with E-state index in [2.05, 4.69) is 0 Å². The Kier molecular flexibility index (Phi) is 3.78. The van der Waals surface area contributed by atoms with Gasteiger partial charge >= 0.3 is 5.69 Å². The van der Waals surface area contributed by atoms with Crippen molar-refractivity contribution in [1.82, 2.24) is 0 Å². The highest BCUT2D eigenvalue weighted by Gasteiger charge is 2.24. The SMILES string of the molecule is O=[N+]([O-])c1cc(OCCO)c(O)c([N+](=O)[O-])c1. The first-order valence-corrected chi connectivity index (χ1v) is 4.36. The molecule has 0 unspecified atom stereocenters. The van der Waals surface area contributed by atoms with E-state index in [1.165, 1.54) is 0 Å². The van der Waals surface area contributed by atoms with E-state index in [0.717, 1.165) is 6.07 Å². The van der Waals surface area contributed by atoms with Crippen molar-refractivity contribution in [2.24, 2.45) is 0 Å². The van der Waals surface area contributed by atoms with Crippen molar-refractivity contribution in [2.75, 3.05) is 13.2 Å². The van der Waals surface area contributed by atoms with E-state index in [1.807, 2.05) is 0 Å². The summed E-state index contributed by atoms with van der Waals surface area (Å²) in [6, 6.07) is 1.47. The third kappa shape index (κ3) is 2.78. The van der Waals surface area contributed by atoms with Gasteiger partial charge in [-0.2, -0.15) is 0 Å². The normalized spacial score (nSPS) is 9.94. The number of nitro groups is 2. The fourth-order valence-corrected chi connectivity index (χ4v) is 1.09. The van der Waals surface area contributed by atoms with Gasteiger partial charge < -0.3 is 14.9 Å². The summed E-state index contributed by atoms with van der Waals surface area (Å²) in [5.74, 6) is -1.23. The van der Waals surface area contributed by atoms with Crippen molar-refractivity contribution in [3.8, 4) is 11.5 Å². The molecule has 17 heavy (non-hydrogen) atoms. The number of aliphatic hydroxyl groups excluding tert-OH is 1. The van der Waals surface area contributed by atoms with Crippen molar-refractivity contribution in [3.63, 3.8) is 0 Å². The third-order valence-electron chi connectivity index (χ3n) is 1.80. The Morgan fingerprint density at radius 1 is 1.24 bits per heavy atom. The number of benzene rings is 1. The second-order valence-electron chi connectivity index (χ2n) is 2.90. The topological polar surface area (TPSA) is 136 Å². The maximum absolute atomic E-state index is 10.5. The first-order chi connectivity index (χ1) is 7.97. The molecule has 0 amide bonds. The van der Waals surface area contributed by atoms with Crippen molar-refractivity contribution >= 4 is 11.4 Å². The summed E-state index contributed by atoms with van der Waals surface area (Å²) in [5.41, 5.74) is -1.41. The first kappa shape index (κ1) is 12.6. The number of ether oxygens (including phenoxy) is 1. The molecule has 0 atom stereocenters. The van der Waals surface area contributed by atoms with Gasteiger partial charge in [0.25, 0.3) is 5.69 Å². The average molecular weight is 244 g/mol. The van der Waals surface area contributed by atoms with Crippen LogP contribution in [0, 0.1) is 20.2 Å². The lowest BCUT2D eigenvalue weighted by molar-refractivity contribution is -0.394. The maximum Gasteiger partial charge on any atom is 0.321 e. The Balaban J connectivity index is 3.27. The largest absolute Gasteiger partial charge is 0.500 e. The summed E-state index contributed by atoms with van der Waals surface area (Å²) in [6.45, 7) is -0.637. The van der Waals surface area contributed by atoms with Crippen LogP contribution in [0.25, 0.3) is 0 Å². The molecule has 0 aliphatic heterocycles. The Labute approximate surface area is 94.2 Å². The van der Waals surface area contributed by atoms with Crippen LogP contribution in [0.3, 0.4) is 0 Å². The molecule has 1 aromatic carbocycles. The van der Waals surface area contributed by atoms with Crippen LogP contribution in [0.2, 0.25) is 0 Å². The van der Waals surface area contributed by atoms with E-state index < -0.39 is 39.3 Å². The molecule has 2 N–H and O–H groups in total. The molecule has 0 bridgehead atoms. The quantitative estimate of drug-likeness (QED) is 0.570. The van der Waals surface area contributed by atoms with Crippen molar-refractivity contribution in [2.45, 2.75) is 0 Å². The predicted octanol–water partition coefficient (Wildman–Crippen LogP) is 0.580. The molecule has 0 saturated carbocycles. The molecule has 0 spiro atoms. The molecule has 9 nitrogen and oxygen atoms in total. The number of nitrogens with zero attached hydrogens (tertiary/aromatic N) is 2. The molecule has 0 aliphatic rings. The van der Waals surface area contributed by atoms with Crippen molar-refractivity contribution in [1.29, 1.82) is 0 Å². The Morgan fingerprint density at radius 2 is 1.88 bits per heavy atom. The van der Waals surface area contributed by atoms with Gasteiger partial charge in [0.1, 0.15) is 6.61 Å². The summed E-state index contributed by atoms with van der Waals surface area (Å²) in [6.07, 6.45) is 0. The zero-order valence-corrected chi connectivity index (χ0v) is 8.40. The number of hydrogen-bond acceptors (Lipinski definition) is 7. The minimum Gasteiger partial charge on any atom is -0.500 e. The Morgan fingerprint density at radius 3 is 2.35 bits per heavy atom. The Hall–Kier alpha value is -2.42. The summed E-state index contributed by atoms with van der Waals surface area (Å²) >= 11 is 0. The highest BCUT2D eigenvalue weighted by molar-refractivity contribution is 5.61. The highest BCUT2D eigenvalue weighted by Crippen LogP contribution is 2.39.